The first kappa shape index (κ1) is 22.2. The summed E-state index contributed by atoms with van der Waals surface area (Å²) in [5.41, 5.74) is 1.04. The van der Waals surface area contributed by atoms with E-state index in [-0.39, 0.29) is 24.3 Å². The standard InChI is InChI=1S/C19H33N3O4/c1-16(2)19(24)22(10-7-12-25-4)15-18(23)21(11-13-26-5)14-17-8-6-9-20(17)3/h6,8-9,16H,7,10-15H2,1-5H3. The molecule has 0 saturated carbocycles. The maximum atomic E-state index is 12.9. The molecule has 0 fully saturated rings. The summed E-state index contributed by atoms with van der Waals surface area (Å²) < 4.78 is 12.2. The molecule has 0 aliphatic rings. The number of aryl methyl sites for hydroxylation is 1. The Bertz CT molecular complexity index is 557. The van der Waals surface area contributed by atoms with E-state index in [1.165, 1.54) is 0 Å². The molecule has 26 heavy (non-hydrogen) atoms. The fraction of sp³-hybridized carbons (Fsp3) is 0.684. The molecule has 1 rings (SSSR count). The van der Waals surface area contributed by atoms with Crippen molar-refractivity contribution in [2.24, 2.45) is 13.0 Å². The molecule has 0 bridgehead atoms. The average molecular weight is 367 g/mol. The van der Waals surface area contributed by atoms with Crippen LogP contribution < -0.4 is 0 Å². The van der Waals surface area contributed by atoms with E-state index in [0.717, 1.165) is 5.69 Å². The molecule has 0 atom stereocenters. The lowest BCUT2D eigenvalue weighted by Crippen LogP contribution is -2.45. The molecule has 0 aliphatic heterocycles. The van der Waals surface area contributed by atoms with Gasteiger partial charge in [0.05, 0.1) is 19.7 Å². The smallest absolute Gasteiger partial charge is 0.242 e. The normalized spacial score (nSPS) is 11.0. The molecule has 148 valence electrons. The summed E-state index contributed by atoms with van der Waals surface area (Å²) in [6.45, 7) is 6.29. The highest BCUT2D eigenvalue weighted by Gasteiger charge is 2.23. The third kappa shape index (κ3) is 7.17. The van der Waals surface area contributed by atoms with Crippen molar-refractivity contribution >= 4 is 11.8 Å². The number of methoxy groups -OCH3 is 2. The van der Waals surface area contributed by atoms with Crippen molar-refractivity contribution in [2.45, 2.75) is 26.8 Å². The van der Waals surface area contributed by atoms with E-state index in [2.05, 4.69) is 0 Å². The first-order valence-corrected chi connectivity index (χ1v) is 9.05. The van der Waals surface area contributed by atoms with Gasteiger partial charge >= 0.3 is 0 Å². The second-order valence-corrected chi connectivity index (χ2v) is 6.68. The molecule has 0 spiro atoms. The highest BCUT2D eigenvalue weighted by Crippen LogP contribution is 2.09. The average Bonchev–Trinajstić information content (AvgIpc) is 3.01. The molecular weight excluding hydrogens is 334 g/mol. The van der Waals surface area contributed by atoms with Gasteiger partial charge in [-0.15, -0.1) is 0 Å². The second-order valence-electron chi connectivity index (χ2n) is 6.68. The van der Waals surface area contributed by atoms with Gasteiger partial charge in [-0.3, -0.25) is 9.59 Å². The Balaban J connectivity index is 2.81. The second kappa shape index (κ2) is 11.7. The lowest BCUT2D eigenvalue weighted by atomic mass is 10.2. The van der Waals surface area contributed by atoms with Crippen molar-refractivity contribution in [1.29, 1.82) is 0 Å². The maximum absolute atomic E-state index is 12.9. The first-order chi connectivity index (χ1) is 12.4. The molecule has 1 aromatic heterocycles. The Labute approximate surface area is 156 Å². The van der Waals surface area contributed by atoms with E-state index in [1.54, 1.807) is 24.0 Å². The summed E-state index contributed by atoms with van der Waals surface area (Å²) in [7, 11) is 5.20. The minimum Gasteiger partial charge on any atom is -0.385 e. The molecule has 7 heteroatoms. The number of carbonyl (C=O) groups excluding carboxylic acids is 2. The van der Waals surface area contributed by atoms with Crippen LogP contribution in [-0.2, 0) is 32.7 Å². The molecule has 0 unspecified atom stereocenters. The van der Waals surface area contributed by atoms with Crippen molar-refractivity contribution in [1.82, 2.24) is 14.4 Å². The third-order valence-corrected chi connectivity index (χ3v) is 4.23. The number of hydrogen-bond donors (Lipinski definition) is 0. The summed E-state index contributed by atoms with van der Waals surface area (Å²) in [5.74, 6) is -0.236. The quantitative estimate of drug-likeness (QED) is 0.526. The Morgan fingerprint density at radius 3 is 2.35 bits per heavy atom. The number of ether oxygens (including phenoxy) is 2. The van der Waals surface area contributed by atoms with Gasteiger partial charge in [0, 0.05) is 58.8 Å². The highest BCUT2D eigenvalue weighted by molar-refractivity contribution is 5.85. The molecule has 7 nitrogen and oxygen atoms in total. The SMILES string of the molecule is COCCCN(CC(=O)N(CCOC)Cc1cccn1C)C(=O)C(C)C. The van der Waals surface area contributed by atoms with Crippen molar-refractivity contribution in [3.8, 4) is 0 Å². The molecule has 1 heterocycles. The number of hydrogen-bond acceptors (Lipinski definition) is 4. The van der Waals surface area contributed by atoms with Crippen LogP contribution in [0, 0.1) is 5.92 Å². The van der Waals surface area contributed by atoms with Crippen molar-refractivity contribution in [3.63, 3.8) is 0 Å². The van der Waals surface area contributed by atoms with Crippen molar-refractivity contribution in [2.75, 3.05) is 47.1 Å². The van der Waals surface area contributed by atoms with Gasteiger partial charge in [0.15, 0.2) is 0 Å². The lowest BCUT2D eigenvalue weighted by Gasteiger charge is -2.28. The van der Waals surface area contributed by atoms with Crippen LogP contribution in [0.25, 0.3) is 0 Å². The third-order valence-electron chi connectivity index (χ3n) is 4.23. The summed E-state index contributed by atoms with van der Waals surface area (Å²) >= 11 is 0. The van der Waals surface area contributed by atoms with Crippen LogP contribution in [0.15, 0.2) is 18.3 Å². The van der Waals surface area contributed by atoms with E-state index in [9.17, 15) is 9.59 Å². The Hall–Kier alpha value is -1.86. The van der Waals surface area contributed by atoms with E-state index in [1.807, 2.05) is 43.8 Å². The van der Waals surface area contributed by atoms with Crippen molar-refractivity contribution < 1.29 is 19.1 Å². The predicted molar refractivity (Wildman–Crippen MR) is 101 cm³/mol. The topological polar surface area (TPSA) is 64.0 Å². The van der Waals surface area contributed by atoms with Crippen LogP contribution in [-0.4, -0.2) is 73.2 Å². The fourth-order valence-corrected chi connectivity index (χ4v) is 2.65. The predicted octanol–water partition coefficient (Wildman–Crippen LogP) is 1.52. The Morgan fingerprint density at radius 2 is 1.81 bits per heavy atom. The van der Waals surface area contributed by atoms with Gasteiger partial charge in [0.2, 0.25) is 11.8 Å². The monoisotopic (exact) mass is 367 g/mol. The summed E-state index contributed by atoms with van der Waals surface area (Å²) in [6.07, 6.45) is 2.66. The summed E-state index contributed by atoms with van der Waals surface area (Å²) in [5, 5.41) is 0. The number of rotatable bonds is 12. The van der Waals surface area contributed by atoms with Gasteiger partial charge in [-0.2, -0.15) is 0 Å². The Morgan fingerprint density at radius 1 is 1.12 bits per heavy atom. The number of aromatic nitrogens is 1. The number of amides is 2. The van der Waals surface area contributed by atoms with Gasteiger partial charge < -0.3 is 23.8 Å². The summed E-state index contributed by atoms with van der Waals surface area (Å²) in [4.78, 5) is 28.7. The van der Waals surface area contributed by atoms with Gasteiger partial charge in [-0.05, 0) is 18.6 Å². The minimum absolute atomic E-state index is 0.0139. The summed E-state index contributed by atoms with van der Waals surface area (Å²) in [6, 6.07) is 3.94. The number of nitrogens with zero attached hydrogens (tertiary/aromatic N) is 3. The van der Waals surface area contributed by atoms with Gasteiger partial charge in [-0.1, -0.05) is 13.8 Å². The largest absolute Gasteiger partial charge is 0.385 e. The molecule has 0 saturated heterocycles. The molecule has 2 amide bonds. The molecule has 0 aromatic carbocycles. The zero-order chi connectivity index (χ0) is 19.5. The van der Waals surface area contributed by atoms with Crippen molar-refractivity contribution in [3.05, 3.63) is 24.0 Å². The maximum Gasteiger partial charge on any atom is 0.242 e. The zero-order valence-corrected chi connectivity index (χ0v) is 16.7. The molecule has 0 radical (unpaired) electrons. The van der Waals surface area contributed by atoms with Crippen LogP contribution in [0.4, 0.5) is 0 Å². The lowest BCUT2D eigenvalue weighted by molar-refractivity contribution is -0.143. The fourth-order valence-electron chi connectivity index (χ4n) is 2.65. The molecular formula is C19H33N3O4. The highest BCUT2D eigenvalue weighted by atomic mass is 16.5. The molecule has 0 N–H and O–H groups in total. The van der Waals surface area contributed by atoms with Gasteiger partial charge in [0.1, 0.15) is 0 Å². The van der Waals surface area contributed by atoms with E-state index in [0.29, 0.717) is 39.3 Å². The van der Waals surface area contributed by atoms with Crippen LogP contribution in [0.1, 0.15) is 26.0 Å². The van der Waals surface area contributed by atoms with Gasteiger partial charge in [0.25, 0.3) is 0 Å². The minimum atomic E-state index is -0.148. The van der Waals surface area contributed by atoms with Crippen LogP contribution >= 0.6 is 0 Å². The molecule has 0 aliphatic carbocycles. The zero-order valence-electron chi connectivity index (χ0n) is 16.7. The van der Waals surface area contributed by atoms with E-state index in [4.69, 9.17) is 9.47 Å². The van der Waals surface area contributed by atoms with Gasteiger partial charge in [-0.25, -0.2) is 0 Å². The number of carbonyl (C=O) groups is 2. The van der Waals surface area contributed by atoms with E-state index >= 15 is 0 Å². The first-order valence-electron chi connectivity index (χ1n) is 9.05. The van der Waals surface area contributed by atoms with Crippen LogP contribution in [0.2, 0.25) is 0 Å². The van der Waals surface area contributed by atoms with E-state index < -0.39 is 0 Å². The molecule has 1 aromatic rings. The van der Waals surface area contributed by atoms with Crippen LogP contribution in [0.3, 0.4) is 0 Å². The Kier molecular flexibility index (Phi) is 9.98. The van der Waals surface area contributed by atoms with Crippen LogP contribution in [0.5, 0.6) is 0 Å².